The molecular weight excluding hydrogens is 260 g/mol. The lowest BCUT2D eigenvalue weighted by Crippen LogP contribution is -2.40. The number of carbonyl (C=O) groups excluding carboxylic acids is 1. The van der Waals surface area contributed by atoms with Crippen molar-refractivity contribution in [2.75, 3.05) is 19.6 Å². The van der Waals surface area contributed by atoms with E-state index in [1.807, 2.05) is 43.0 Å². The molecule has 19 heavy (non-hydrogen) atoms. The Morgan fingerprint density at radius 1 is 1.47 bits per heavy atom. The van der Waals surface area contributed by atoms with E-state index in [1.165, 1.54) is 0 Å². The summed E-state index contributed by atoms with van der Waals surface area (Å²) >= 11 is 6.07. The molecule has 0 heterocycles. The Balaban J connectivity index is 2.37. The Kier molecular flexibility index (Phi) is 4.16. The van der Waals surface area contributed by atoms with Gasteiger partial charge in [-0.1, -0.05) is 23.7 Å². The van der Waals surface area contributed by atoms with Crippen molar-refractivity contribution in [1.29, 1.82) is 0 Å². The van der Waals surface area contributed by atoms with Crippen LogP contribution in [0.15, 0.2) is 24.3 Å². The summed E-state index contributed by atoms with van der Waals surface area (Å²) in [5.41, 5.74) is 6.37. The molecule has 0 radical (unpaired) electrons. The Labute approximate surface area is 119 Å². The van der Waals surface area contributed by atoms with Gasteiger partial charge in [0.05, 0.1) is 5.41 Å². The van der Waals surface area contributed by atoms with Crippen LogP contribution < -0.4 is 5.73 Å². The van der Waals surface area contributed by atoms with E-state index in [1.54, 1.807) is 0 Å². The maximum atomic E-state index is 12.8. The van der Waals surface area contributed by atoms with Crippen molar-refractivity contribution in [2.24, 2.45) is 11.7 Å². The minimum atomic E-state index is -0.439. The number of hydrogen-bond donors (Lipinski definition) is 1. The topological polar surface area (TPSA) is 46.3 Å². The Bertz CT molecular complexity index is 473. The highest BCUT2D eigenvalue weighted by Gasteiger charge is 2.61. The van der Waals surface area contributed by atoms with E-state index < -0.39 is 5.41 Å². The van der Waals surface area contributed by atoms with Crippen LogP contribution >= 0.6 is 11.6 Å². The van der Waals surface area contributed by atoms with Gasteiger partial charge in [-0.05, 0) is 50.4 Å². The lowest BCUT2D eigenvalue weighted by molar-refractivity contribution is -0.134. The summed E-state index contributed by atoms with van der Waals surface area (Å²) < 4.78 is 0. The molecule has 1 fully saturated rings. The van der Waals surface area contributed by atoms with Gasteiger partial charge in [-0.25, -0.2) is 0 Å². The SMILES string of the molecule is CCN(CC)C(=O)[C@]1(c2cccc(Cl)c2)CC1CN. The second-order valence-electron chi connectivity index (χ2n) is 5.10. The lowest BCUT2D eigenvalue weighted by atomic mass is 9.91. The number of nitrogens with two attached hydrogens (primary N) is 1. The van der Waals surface area contributed by atoms with Crippen LogP contribution in [0.3, 0.4) is 0 Å². The van der Waals surface area contributed by atoms with E-state index in [4.69, 9.17) is 17.3 Å². The van der Waals surface area contributed by atoms with Gasteiger partial charge < -0.3 is 10.6 Å². The molecule has 0 aromatic heterocycles. The van der Waals surface area contributed by atoms with Gasteiger partial charge in [-0.3, -0.25) is 4.79 Å². The quantitative estimate of drug-likeness (QED) is 0.900. The second-order valence-corrected chi connectivity index (χ2v) is 5.53. The molecule has 3 nitrogen and oxygen atoms in total. The Morgan fingerprint density at radius 3 is 2.63 bits per heavy atom. The standard InChI is InChI=1S/C15H21ClN2O/c1-3-18(4-2)14(19)15(9-12(15)10-17)11-6-5-7-13(16)8-11/h5-8,12H,3-4,9-10,17H2,1-2H3/t12?,15-/m0/s1. The Hall–Kier alpha value is -1.06. The van der Waals surface area contributed by atoms with E-state index >= 15 is 0 Å². The molecule has 1 saturated carbocycles. The third kappa shape index (κ3) is 2.37. The molecule has 0 saturated heterocycles. The zero-order valence-corrected chi connectivity index (χ0v) is 12.3. The highest BCUT2D eigenvalue weighted by atomic mass is 35.5. The van der Waals surface area contributed by atoms with E-state index in [0.717, 1.165) is 25.1 Å². The average molecular weight is 281 g/mol. The molecule has 0 spiro atoms. The van der Waals surface area contributed by atoms with Gasteiger partial charge in [0.25, 0.3) is 0 Å². The van der Waals surface area contributed by atoms with Gasteiger partial charge in [-0.2, -0.15) is 0 Å². The van der Waals surface area contributed by atoms with Crippen molar-refractivity contribution in [3.8, 4) is 0 Å². The highest BCUT2D eigenvalue weighted by Crippen LogP contribution is 2.55. The van der Waals surface area contributed by atoms with E-state index in [-0.39, 0.29) is 11.8 Å². The highest BCUT2D eigenvalue weighted by molar-refractivity contribution is 6.30. The zero-order valence-electron chi connectivity index (χ0n) is 11.5. The fraction of sp³-hybridized carbons (Fsp3) is 0.533. The maximum absolute atomic E-state index is 12.8. The van der Waals surface area contributed by atoms with Crippen LogP contribution in [0.5, 0.6) is 0 Å². The number of rotatable bonds is 5. The number of hydrogen-bond acceptors (Lipinski definition) is 2. The summed E-state index contributed by atoms with van der Waals surface area (Å²) in [4.78, 5) is 14.7. The summed E-state index contributed by atoms with van der Waals surface area (Å²) in [6.07, 6.45) is 0.833. The molecular formula is C15H21ClN2O. The summed E-state index contributed by atoms with van der Waals surface area (Å²) in [7, 11) is 0. The average Bonchev–Trinajstić information content (AvgIpc) is 3.15. The number of carbonyl (C=O) groups is 1. The molecule has 2 N–H and O–H groups in total. The molecule has 2 atom stereocenters. The van der Waals surface area contributed by atoms with Gasteiger partial charge in [-0.15, -0.1) is 0 Å². The summed E-state index contributed by atoms with van der Waals surface area (Å²) in [6.45, 7) is 6.02. The normalized spacial score (nSPS) is 25.2. The fourth-order valence-corrected chi connectivity index (χ4v) is 3.10. The third-order valence-corrected chi connectivity index (χ3v) is 4.40. The number of benzene rings is 1. The molecule has 1 unspecified atom stereocenters. The molecule has 1 amide bonds. The number of amides is 1. The van der Waals surface area contributed by atoms with Crippen LogP contribution in [0.1, 0.15) is 25.8 Å². The fourth-order valence-electron chi connectivity index (χ4n) is 2.91. The predicted molar refractivity (Wildman–Crippen MR) is 78.2 cm³/mol. The van der Waals surface area contributed by atoms with Crippen molar-refractivity contribution < 1.29 is 4.79 Å². The van der Waals surface area contributed by atoms with Crippen LogP contribution in [-0.2, 0) is 10.2 Å². The van der Waals surface area contributed by atoms with Crippen LogP contribution in [0.25, 0.3) is 0 Å². The first-order valence-electron chi connectivity index (χ1n) is 6.85. The van der Waals surface area contributed by atoms with Crippen molar-refractivity contribution >= 4 is 17.5 Å². The first-order valence-corrected chi connectivity index (χ1v) is 7.23. The van der Waals surface area contributed by atoms with Crippen molar-refractivity contribution in [2.45, 2.75) is 25.7 Å². The molecule has 1 aliphatic rings. The number of nitrogens with zero attached hydrogens (tertiary/aromatic N) is 1. The second kappa shape index (κ2) is 5.51. The largest absolute Gasteiger partial charge is 0.342 e. The first-order chi connectivity index (χ1) is 9.09. The van der Waals surface area contributed by atoms with Crippen molar-refractivity contribution in [1.82, 2.24) is 4.90 Å². The summed E-state index contributed by atoms with van der Waals surface area (Å²) in [5.74, 6) is 0.425. The van der Waals surface area contributed by atoms with E-state index in [9.17, 15) is 4.79 Å². The van der Waals surface area contributed by atoms with Crippen molar-refractivity contribution in [3.63, 3.8) is 0 Å². The van der Waals surface area contributed by atoms with Gasteiger partial charge >= 0.3 is 0 Å². The van der Waals surface area contributed by atoms with Gasteiger partial charge in [0, 0.05) is 18.1 Å². The van der Waals surface area contributed by atoms with Crippen molar-refractivity contribution in [3.05, 3.63) is 34.9 Å². The van der Waals surface area contributed by atoms with Gasteiger partial charge in [0.15, 0.2) is 0 Å². The minimum Gasteiger partial charge on any atom is -0.342 e. The van der Waals surface area contributed by atoms with Gasteiger partial charge in [0.2, 0.25) is 5.91 Å². The molecule has 1 aromatic carbocycles. The summed E-state index contributed by atoms with van der Waals surface area (Å²) in [5, 5.41) is 0.673. The Morgan fingerprint density at radius 2 is 2.16 bits per heavy atom. The smallest absolute Gasteiger partial charge is 0.233 e. The molecule has 104 valence electrons. The van der Waals surface area contributed by atoms with Crippen LogP contribution in [-0.4, -0.2) is 30.4 Å². The first kappa shape index (κ1) is 14.4. The van der Waals surface area contributed by atoms with E-state index in [0.29, 0.717) is 11.6 Å². The summed E-state index contributed by atoms with van der Waals surface area (Å²) in [6, 6.07) is 7.63. The maximum Gasteiger partial charge on any atom is 0.233 e. The van der Waals surface area contributed by atoms with Crippen LogP contribution in [0.2, 0.25) is 5.02 Å². The minimum absolute atomic E-state index is 0.190. The molecule has 4 heteroatoms. The molecule has 1 aromatic rings. The molecule has 2 rings (SSSR count). The monoisotopic (exact) mass is 280 g/mol. The molecule has 0 aliphatic heterocycles. The van der Waals surface area contributed by atoms with E-state index in [2.05, 4.69) is 0 Å². The lowest BCUT2D eigenvalue weighted by Gasteiger charge is -2.26. The van der Waals surface area contributed by atoms with Crippen LogP contribution in [0.4, 0.5) is 0 Å². The third-order valence-electron chi connectivity index (χ3n) is 4.16. The number of likely N-dealkylation sites (N-methyl/N-ethyl adjacent to an activating group) is 1. The molecule has 0 bridgehead atoms. The molecule has 1 aliphatic carbocycles. The predicted octanol–water partition coefficient (Wildman–Crippen LogP) is 2.42. The number of halogens is 1. The zero-order chi connectivity index (χ0) is 14.0. The van der Waals surface area contributed by atoms with Crippen LogP contribution in [0, 0.1) is 5.92 Å². The van der Waals surface area contributed by atoms with Gasteiger partial charge in [0.1, 0.15) is 0 Å².